The van der Waals surface area contributed by atoms with Crippen LogP contribution in [-0.4, -0.2) is 14.8 Å². The molecular weight excluding hydrogens is 305 g/mol. The Bertz CT molecular complexity index is 622. The van der Waals surface area contributed by atoms with Crippen LogP contribution in [0.1, 0.15) is 31.3 Å². The molecule has 114 valence electrons. The Labute approximate surface area is 124 Å². The fraction of sp³-hybridized carbons (Fsp3) is 0.385. The van der Waals surface area contributed by atoms with Gasteiger partial charge in [-0.15, -0.1) is 0 Å². The standard InChI is InChI=1S/C13H14ClF3N4/c1-8(2)21-12(19-7-20-21)6-18-11-4-3-9(5-10(11)14)13(15,16)17/h3-5,7-8,18H,6H2,1-2H3. The second kappa shape index (κ2) is 5.93. The number of aromatic nitrogens is 3. The van der Waals surface area contributed by atoms with Gasteiger partial charge in [0.05, 0.1) is 22.8 Å². The molecule has 0 spiro atoms. The molecule has 0 bridgehead atoms. The Balaban J connectivity index is 2.12. The lowest BCUT2D eigenvalue weighted by Gasteiger charge is -2.13. The van der Waals surface area contributed by atoms with Crippen LogP contribution < -0.4 is 5.32 Å². The largest absolute Gasteiger partial charge is 0.416 e. The van der Waals surface area contributed by atoms with Crippen LogP contribution in [-0.2, 0) is 12.7 Å². The highest BCUT2D eigenvalue weighted by Crippen LogP contribution is 2.33. The van der Waals surface area contributed by atoms with Crippen molar-refractivity contribution in [3.05, 3.63) is 40.9 Å². The summed E-state index contributed by atoms with van der Waals surface area (Å²) in [5.41, 5.74) is -0.355. The Morgan fingerprint density at radius 3 is 2.62 bits per heavy atom. The first-order valence-electron chi connectivity index (χ1n) is 6.28. The van der Waals surface area contributed by atoms with Gasteiger partial charge in [-0.25, -0.2) is 9.67 Å². The van der Waals surface area contributed by atoms with Crippen molar-refractivity contribution >= 4 is 17.3 Å². The van der Waals surface area contributed by atoms with Crippen molar-refractivity contribution in [2.24, 2.45) is 0 Å². The first kappa shape index (κ1) is 15.6. The molecule has 0 unspecified atom stereocenters. The molecule has 1 N–H and O–H groups in total. The third-order valence-corrected chi connectivity index (χ3v) is 3.18. The molecule has 0 saturated carbocycles. The number of hydrogen-bond donors (Lipinski definition) is 1. The van der Waals surface area contributed by atoms with E-state index in [2.05, 4.69) is 15.4 Å². The highest BCUT2D eigenvalue weighted by atomic mass is 35.5. The molecule has 1 aromatic carbocycles. The number of hydrogen-bond acceptors (Lipinski definition) is 3. The fourth-order valence-corrected chi connectivity index (χ4v) is 2.09. The van der Waals surface area contributed by atoms with Crippen LogP contribution in [0.3, 0.4) is 0 Å². The van der Waals surface area contributed by atoms with Gasteiger partial charge in [0.2, 0.25) is 0 Å². The van der Waals surface area contributed by atoms with Crippen molar-refractivity contribution < 1.29 is 13.2 Å². The fourth-order valence-electron chi connectivity index (χ4n) is 1.84. The van der Waals surface area contributed by atoms with E-state index >= 15 is 0 Å². The van der Waals surface area contributed by atoms with E-state index in [1.165, 1.54) is 12.4 Å². The molecule has 2 aromatic rings. The Kier molecular flexibility index (Phi) is 4.41. The molecule has 0 radical (unpaired) electrons. The van der Waals surface area contributed by atoms with Crippen molar-refractivity contribution in [1.82, 2.24) is 14.8 Å². The summed E-state index contributed by atoms with van der Waals surface area (Å²) in [4.78, 5) is 4.11. The quantitative estimate of drug-likeness (QED) is 0.921. The van der Waals surface area contributed by atoms with Gasteiger partial charge in [0, 0.05) is 6.04 Å². The van der Waals surface area contributed by atoms with Gasteiger partial charge in [-0.05, 0) is 32.0 Å². The molecule has 0 atom stereocenters. The number of halogens is 4. The predicted octanol–water partition coefficient (Wildman–Crippen LogP) is 4.14. The van der Waals surface area contributed by atoms with Crippen molar-refractivity contribution in [2.45, 2.75) is 32.6 Å². The van der Waals surface area contributed by atoms with E-state index in [1.54, 1.807) is 4.68 Å². The van der Waals surface area contributed by atoms with Crippen LogP contribution in [0.25, 0.3) is 0 Å². The highest BCUT2D eigenvalue weighted by Gasteiger charge is 2.30. The van der Waals surface area contributed by atoms with Gasteiger partial charge < -0.3 is 5.32 Å². The van der Waals surface area contributed by atoms with Gasteiger partial charge in [0.1, 0.15) is 12.2 Å². The van der Waals surface area contributed by atoms with Crippen molar-refractivity contribution in [3.63, 3.8) is 0 Å². The molecule has 1 aromatic heterocycles. The number of alkyl halides is 3. The maximum absolute atomic E-state index is 12.5. The van der Waals surface area contributed by atoms with E-state index < -0.39 is 11.7 Å². The van der Waals surface area contributed by atoms with Crippen LogP contribution in [0.2, 0.25) is 5.02 Å². The zero-order chi connectivity index (χ0) is 15.6. The summed E-state index contributed by atoms with van der Waals surface area (Å²) in [5, 5.41) is 7.06. The van der Waals surface area contributed by atoms with E-state index in [-0.39, 0.29) is 11.1 Å². The summed E-state index contributed by atoms with van der Waals surface area (Å²) < 4.78 is 39.4. The Hall–Kier alpha value is -1.76. The summed E-state index contributed by atoms with van der Waals surface area (Å²) in [6.45, 7) is 4.25. The lowest BCUT2D eigenvalue weighted by Crippen LogP contribution is -2.12. The molecule has 8 heteroatoms. The molecule has 0 aliphatic carbocycles. The lowest BCUT2D eigenvalue weighted by atomic mass is 10.2. The smallest absolute Gasteiger partial charge is 0.377 e. The minimum Gasteiger partial charge on any atom is -0.377 e. The van der Waals surface area contributed by atoms with E-state index in [0.717, 1.165) is 12.1 Å². The molecular formula is C13H14ClF3N4. The number of nitrogens with one attached hydrogen (secondary N) is 1. The van der Waals surface area contributed by atoms with Crippen LogP contribution in [0.15, 0.2) is 24.5 Å². The zero-order valence-corrected chi connectivity index (χ0v) is 12.2. The minimum absolute atomic E-state index is 0.0143. The number of rotatable bonds is 4. The van der Waals surface area contributed by atoms with Gasteiger partial charge in [-0.1, -0.05) is 11.6 Å². The van der Waals surface area contributed by atoms with Crippen LogP contribution in [0.4, 0.5) is 18.9 Å². The van der Waals surface area contributed by atoms with Crippen molar-refractivity contribution in [2.75, 3.05) is 5.32 Å². The monoisotopic (exact) mass is 318 g/mol. The topological polar surface area (TPSA) is 42.7 Å². The first-order chi connectivity index (χ1) is 9.79. The minimum atomic E-state index is -4.40. The highest BCUT2D eigenvalue weighted by molar-refractivity contribution is 6.33. The van der Waals surface area contributed by atoms with Crippen molar-refractivity contribution in [3.8, 4) is 0 Å². The number of nitrogens with zero attached hydrogens (tertiary/aromatic N) is 3. The van der Waals surface area contributed by atoms with Gasteiger partial charge in [0.15, 0.2) is 0 Å². The molecule has 0 fully saturated rings. The first-order valence-corrected chi connectivity index (χ1v) is 6.66. The predicted molar refractivity (Wildman–Crippen MR) is 74.2 cm³/mol. The third-order valence-electron chi connectivity index (χ3n) is 2.87. The SMILES string of the molecule is CC(C)n1ncnc1CNc1ccc(C(F)(F)F)cc1Cl. The molecule has 2 rings (SSSR count). The number of anilines is 1. The molecule has 0 aliphatic heterocycles. The summed E-state index contributed by atoms with van der Waals surface area (Å²) in [7, 11) is 0. The van der Waals surface area contributed by atoms with Crippen LogP contribution >= 0.6 is 11.6 Å². The second-order valence-electron chi connectivity index (χ2n) is 4.76. The maximum Gasteiger partial charge on any atom is 0.416 e. The molecule has 0 amide bonds. The van der Waals surface area contributed by atoms with Crippen LogP contribution in [0, 0.1) is 0 Å². The maximum atomic E-state index is 12.5. The normalized spacial score (nSPS) is 12.0. The van der Waals surface area contributed by atoms with Gasteiger partial charge in [0.25, 0.3) is 0 Å². The Morgan fingerprint density at radius 2 is 2.05 bits per heavy atom. The van der Waals surface area contributed by atoms with E-state index in [4.69, 9.17) is 11.6 Å². The van der Waals surface area contributed by atoms with Gasteiger partial charge in [-0.2, -0.15) is 18.3 Å². The van der Waals surface area contributed by atoms with E-state index in [1.807, 2.05) is 13.8 Å². The molecule has 0 saturated heterocycles. The van der Waals surface area contributed by atoms with Gasteiger partial charge >= 0.3 is 6.18 Å². The average molecular weight is 319 g/mol. The molecule has 21 heavy (non-hydrogen) atoms. The summed E-state index contributed by atoms with van der Waals surface area (Å²) in [6, 6.07) is 3.34. The number of benzene rings is 1. The Morgan fingerprint density at radius 1 is 1.33 bits per heavy atom. The molecule has 0 aliphatic rings. The molecule has 4 nitrogen and oxygen atoms in total. The summed E-state index contributed by atoms with van der Waals surface area (Å²) in [5.74, 6) is 0.681. The molecule has 1 heterocycles. The summed E-state index contributed by atoms with van der Waals surface area (Å²) in [6.07, 6.45) is -2.97. The second-order valence-corrected chi connectivity index (χ2v) is 5.17. The average Bonchev–Trinajstić information content (AvgIpc) is 2.84. The van der Waals surface area contributed by atoms with E-state index in [0.29, 0.717) is 18.1 Å². The van der Waals surface area contributed by atoms with Crippen LogP contribution in [0.5, 0.6) is 0 Å². The van der Waals surface area contributed by atoms with Crippen molar-refractivity contribution in [1.29, 1.82) is 0 Å². The zero-order valence-electron chi connectivity index (χ0n) is 11.4. The van der Waals surface area contributed by atoms with Gasteiger partial charge in [-0.3, -0.25) is 0 Å². The third kappa shape index (κ3) is 3.66. The summed E-state index contributed by atoms with van der Waals surface area (Å²) >= 11 is 5.87. The lowest BCUT2D eigenvalue weighted by molar-refractivity contribution is -0.137. The van der Waals surface area contributed by atoms with E-state index in [9.17, 15) is 13.2 Å².